The van der Waals surface area contributed by atoms with E-state index in [9.17, 15) is 9.59 Å². The first-order valence-corrected chi connectivity index (χ1v) is 9.48. The quantitative estimate of drug-likeness (QED) is 0.616. The maximum atomic E-state index is 12.6. The third kappa shape index (κ3) is 5.65. The molecule has 3 aromatic rings. The molecule has 29 heavy (non-hydrogen) atoms. The summed E-state index contributed by atoms with van der Waals surface area (Å²) in [7, 11) is 0. The van der Waals surface area contributed by atoms with Crippen molar-refractivity contribution in [3.8, 4) is 5.75 Å². The van der Waals surface area contributed by atoms with Gasteiger partial charge in [0, 0.05) is 18.3 Å². The average Bonchev–Trinajstić information content (AvgIpc) is 2.76. The molecule has 1 aromatic heterocycles. The number of para-hydroxylation sites is 2. The van der Waals surface area contributed by atoms with Gasteiger partial charge in [-0.3, -0.25) is 14.6 Å². The Labute approximate surface area is 169 Å². The summed E-state index contributed by atoms with van der Waals surface area (Å²) in [6.07, 6.45) is 2.19. The molecule has 3 rings (SSSR count). The molecule has 0 radical (unpaired) electrons. The molecule has 6 nitrogen and oxygen atoms in total. The third-order valence-corrected chi connectivity index (χ3v) is 4.23. The second kappa shape index (κ2) is 10.0. The number of aromatic nitrogens is 1. The monoisotopic (exact) mass is 389 g/mol. The Morgan fingerprint density at radius 3 is 2.52 bits per heavy atom. The van der Waals surface area contributed by atoms with Crippen molar-refractivity contribution < 1.29 is 14.3 Å². The van der Waals surface area contributed by atoms with Crippen LogP contribution in [0.5, 0.6) is 5.75 Å². The fourth-order valence-electron chi connectivity index (χ4n) is 2.80. The molecule has 0 bridgehead atoms. The number of rotatable bonds is 8. The first kappa shape index (κ1) is 20.1. The zero-order valence-electron chi connectivity index (χ0n) is 16.2. The van der Waals surface area contributed by atoms with Crippen LogP contribution in [0.3, 0.4) is 0 Å². The van der Waals surface area contributed by atoms with Gasteiger partial charge in [0.25, 0.3) is 11.8 Å². The Morgan fingerprint density at radius 2 is 1.72 bits per heavy atom. The molecule has 1 heterocycles. The molecular formula is C23H23N3O3. The summed E-state index contributed by atoms with van der Waals surface area (Å²) in [4.78, 5) is 29.1. The number of carbonyl (C=O) groups excluding carboxylic acids is 2. The lowest BCUT2D eigenvalue weighted by Crippen LogP contribution is -2.26. The van der Waals surface area contributed by atoms with E-state index in [1.54, 1.807) is 18.2 Å². The van der Waals surface area contributed by atoms with Crippen molar-refractivity contribution >= 4 is 17.5 Å². The Bertz CT molecular complexity index is 974. The van der Waals surface area contributed by atoms with Crippen molar-refractivity contribution in [2.24, 2.45) is 0 Å². The second-order valence-corrected chi connectivity index (χ2v) is 6.30. The van der Waals surface area contributed by atoms with Crippen molar-refractivity contribution in [3.63, 3.8) is 0 Å². The number of hydrogen-bond donors (Lipinski definition) is 2. The van der Waals surface area contributed by atoms with Crippen molar-refractivity contribution in [2.45, 2.75) is 13.3 Å². The molecule has 0 atom stereocenters. The highest BCUT2D eigenvalue weighted by atomic mass is 16.5. The van der Waals surface area contributed by atoms with Gasteiger partial charge in [0.05, 0.1) is 12.3 Å². The number of ether oxygens (including phenoxy) is 1. The van der Waals surface area contributed by atoms with E-state index >= 15 is 0 Å². The molecule has 0 saturated heterocycles. The van der Waals surface area contributed by atoms with Gasteiger partial charge in [-0.15, -0.1) is 0 Å². The van der Waals surface area contributed by atoms with Gasteiger partial charge in [-0.2, -0.15) is 0 Å². The molecule has 2 N–H and O–H groups in total. The summed E-state index contributed by atoms with van der Waals surface area (Å²) < 4.78 is 5.52. The molecule has 0 aliphatic rings. The summed E-state index contributed by atoms with van der Waals surface area (Å²) in [5.41, 5.74) is 2.25. The van der Waals surface area contributed by atoms with Crippen LogP contribution < -0.4 is 15.4 Å². The largest absolute Gasteiger partial charge is 0.492 e. The van der Waals surface area contributed by atoms with E-state index in [4.69, 9.17) is 4.74 Å². The van der Waals surface area contributed by atoms with Gasteiger partial charge in [0.1, 0.15) is 11.4 Å². The van der Waals surface area contributed by atoms with E-state index in [-0.39, 0.29) is 11.6 Å². The molecule has 0 aliphatic heterocycles. The predicted molar refractivity (Wildman–Crippen MR) is 112 cm³/mol. The molecule has 0 aliphatic carbocycles. The van der Waals surface area contributed by atoms with Gasteiger partial charge in [-0.25, -0.2) is 0 Å². The lowest BCUT2D eigenvalue weighted by Gasteiger charge is -2.11. The molecule has 148 valence electrons. The Morgan fingerprint density at radius 1 is 0.966 bits per heavy atom. The zero-order chi connectivity index (χ0) is 20.5. The van der Waals surface area contributed by atoms with Crippen LogP contribution in [-0.4, -0.2) is 29.9 Å². The number of amides is 2. The summed E-state index contributed by atoms with van der Waals surface area (Å²) in [6, 6.07) is 20.2. The van der Waals surface area contributed by atoms with E-state index in [0.717, 1.165) is 12.0 Å². The van der Waals surface area contributed by atoms with Crippen LogP contribution in [0.25, 0.3) is 0 Å². The van der Waals surface area contributed by atoms with Crippen LogP contribution in [0.2, 0.25) is 0 Å². The van der Waals surface area contributed by atoms with E-state index in [2.05, 4.69) is 15.6 Å². The number of nitrogens with one attached hydrogen (secondary N) is 2. The van der Waals surface area contributed by atoms with Gasteiger partial charge >= 0.3 is 0 Å². The molecular weight excluding hydrogens is 366 g/mol. The van der Waals surface area contributed by atoms with Crippen LogP contribution in [0.15, 0.2) is 72.9 Å². The average molecular weight is 389 g/mol. The summed E-state index contributed by atoms with van der Waals surface area (Å²) in [5, 5.41) is 5.66. The van der Waals surface area contributed by atoms with Gasteiger partial charge in [0.2, 0.25) is 0 Å². The highest BCUT2D eigenvalue weighted by Gasteiger charge is 2.14. The fraction of sp³-hybridized carbons (Fsp3) is 0.174. The Hall–Kier alpha value is -3.67. The molecule has 0 fully saturated rings. The summed E-state index contributed by atoms with van der Waals surface area (Å²) in [5.74, 6) is -0.0682. The Kier molecular flexibility index (Phi) is 6.95. The van der Waals surface area contributed by atoms with E-state index in [1.165, 1.54) is 12.3 Å². The van der Waals surface area contributed by atoms with Gasteiger partial charge in [-0.1, -0.05) is 42.5 Å². The van der Waals surface area contributed by atoms with E-state index in [0.29, 0.717) is 30.2 Å². The molecule has 6 heteroatoms. The topological polar surface area (TPSA) is 80.3 Å². The smallest absolute Gasteiger partial charge is 0.274 e. The van der Waals surface area contributed by atoms with Crippen molar-refractivity contribution in [1.29, 1.82) is 0 Å². The van der Waals surface area contributed by atoms with Gasteiger partial charge in [0.15, 0.2) is 0 Å². The van der Waals surface area contributed by atoms with E-state index < -0.39 is 5.91 Å². The standard InChI is InChI=1S/C23H23N3O3/c1-2-29-21-11-7-6-10-19(21)26-23(28)20-16-18(13-15-24-20)22(27)25-14-12-17-8-4-3-5-9-17/h3-11,13,15-16H,2,12,14H2,1H3,(H,25,27)(H,26,28). The maximum Gasteiger partial charge on any atom is 0.274 e. The van der Waals surface area contributed by atoms with Crippen LogP contribution in [-0.2, 0) is 6.42 Å². The first-order chi connectivity index (χ1) is 14.2. The second-order valence-electron chi connectivity index (χ2n) is 6.30. The third-order valence-electron chi connectivity index (χ3n) is 4.23. The lowest BCUT2D eigenvalue weighted by molar-refractivity contribution is 0.0954. The summed E-state index contributed by atoms with van der Waals surface area (Å²) >= 11 is 0. The fourth-order valence-corrected chi connectivity index (χ4v) is 2.80. The number of benzene rings is 2. The number of hydrogen-bond acceptors (Lipinski definition) is 4. The van der Waals surface area contributed by atoms with Gasteiger partial charge in [-0.05, 0) is 43.2 Å². The number of anilines is 1. The van der Waals surface area contributed by atoms with Crippen LogP contribution in [0, 0.1) is 0 Å². The van der Waals surface area contributed by atoms with E-state index in [1.807, 2.05) is 49.4 Å². The minimum absolute atomic E-state index is 0.159. The van der Waals surface area contributed by atoms with Crippen molar-refractivity contribution in [3.05, 3.63) is 89.7 Å². The molecule has 0 spiro atoms. The molecule has 2 aromatic carbocycles. The highest BCUT2D eigenvalue weighted by molar-refractivity contribution is 6.05. The predicted octanol–water partition coefficient (Wildman–Crippen LogP) is 3.71. The number of nitrogens with zero attached hydrogens (tertiary/aromatic N) is 1. The Balaban J connectivity index is 1.62. The van der Waals surface area contributed by atoms with Crippen LogP contribution in [0.4, 0.5) is 5.69 Å². The SMILES string of the molecule is CCOc1ccccc1NC(=O)c1cc(C(=O)NCCc2ccccc2)ccn1. The molecule has 0 saturated carbocycles. The minimum Gasteiger partial charge on any atom is -0.492 e. The minimum atomic E-state index is -0.406. The van der Waals surface area contributed by atoms with Crippen molar-refractivity contribution in [2.75, 3.05) is 18.5 Å². The van der Waals surface area contributed by atoms with Crippen LogP contribution >= 0.6 is 0 Å². The van der Waals surface area contributed by atoms with Crippen molar-refractivity contribution in [1.82, 2.24) is 10.3 Å². The van der Waals surface area contributed by atoms with Gasteiger partial charge < -0.3 is 15.4 Å². The number of carbonyl (C=O) groups is 2. The normalized spacial score (nSPS) is 10.2. The molecule has 2 amide bonds. The maximum absolute atomic E-state index is 12.6. The summed E-state index contributed by atoms with van der Waals surface area (Å²) in [6.45, 7) is 2.87. The molecule has 0 unspecified atom stereocenters. The van der Waals surface area contributed by atoms with Crippen LogP contribution in [0.1, 0.15) is 33.3 Å². The lowest BCUT2D eigenvalue weighted by atomic mass is 10.1. The highest BCUT2D eigenvalue weighted by Crippen LogP contribution is 2.24. The number of pyridine rings is 1. The zero-order valence-corrected chi connectivity index (χ0v) is 16.2. The first-order valence-electron chi connectivity index (χ1n) is 9.48.